The van der Waals surface area contributed by atoms with Crippen molar-refractivity contribution in [3.63, 3.8) is 0 Å². The van der Waals surface area contributed by atoms with Gasteiger partial charge in [-0.2, -0.15) is 5.26 Å². The molecule has 10 heteroatoms. The first-order valence-electron chi connectivity index (χ1n) is 11.6. The van der Waals surface area contributed by atoms with Crippen molar-refractivity contribution < 1.29 is 13.7 Å². The summed E-state index contributed by atoms with van der Waals surface area (Å²) in [6, 6.07) is 15.4. The Morgan fingerprint density at radius 1 is 1.17 bits per heavy atom. The summed E-state index contributed by atoms with van der Waals surface area (Å²) in [5, 5.41) is 10.1. The molecule has 0 spiro atoms. The summed E-state index contributed by atoms with van der Waals surface area (Å²) in [6.07, 6.45) is 2.41. The lowest BCUT2D eigenvalue weighted by molar-refractivity contribution is 0.301. The van der Waals surface area contributed by atoms with Crippen LogP contribution in [0.4, 0.5) is 5.95 Å². The van der Waals surface area contributed by atoms with Gasteiger partial charge in [0, 0.05) is 18.2 Å². The van der Waals surface area contributed by atoms with Crippen LogP contribution >= 0.6 is 11.6 Å². The van der Waals surface area contributed by atoms with E-state index in [1.807, 2.05) is 43.3 Å². The lowest BCUT2D eigenvalue weighted by Gasteiger charge is -2.27. The first-order chi connectivity index (χ1) is 17.3. The fourth-order valence-electron chi connectivity index (χ4n) is 3.47. The van der Waals surface area contributed by atoms with Gasteiger partial charge in [-0.25, -0.2) is 14.2 Å². The molecule has 0 bridgehead atoms. The Morgan fingerprint density at radius 2 is 1.92 bits per heavy atom. The molecule has 3 rings (SSSR count). The molecule has 0 saturated carbocycles. The Hall–Kier alpha value is -3.19. The summed E-state index contributed by atoms with van der Waals surface area (Å²) in [6.45, 7) is 7.18. The molecule has 1 aromatic heterocycles. The Bertz CT molecular complexity index is 1250. The minimum Gasteiger partial charge on any atom is -0.491 e. The first-order valence-corrected chi connectivity index (χ1v) is 13.3. The Kier molecular flexibility index (Phi) is 9.65. The van der Waals surface area contributed by atoms with E-state index in [9.17, 15) is 9.47 Å². The topological polar surface area (TPSA) is 123 Å². The van der Waals surface area contributed by atoms with Crippen molar-refractivity contribution in [3.8, 4) is 17.6 Å². The molecule has 2 aromatic carbocycles. The number of rotatable bonds is 12. The van der Waals surface area contributed by atoms with Gasteiger partial charge in [0.05, 0.1) is 28.6 Å². The lowest BCUT2D eigenvalue weighted by atomic mass is 9.77. The molecular weight excluding hydrogens is 498 g/mol. The highest BCUT2D eigenvalue weighted by Crippen LogP contribution is 2.38. The van der Waals surface area contributed by atoms with Crippen LogP contribution in [0.15, 0.2) is 48.7 Å². The Balaban J connectivity index is 1.71. The van der Waals surface area contributed by atoms with Gasteiger partial charge in [0.2, 0.25) is 5.95 Å². The second-order valence-corrected chi connectivity index (χ2v) is 10.3. The highest BCUT2D eigenvalue weighted by atomic mass is 35.5. The molecule has 1 unspecified atom stereocenters. The van der Waals surface area contributed by atoms with Crippen LogP contribution in [0, 0.1) is 11.3 Å². The smallest absolute Gasteiger partial charge is 0.235 e. The van der Waals surface area contributed by atoms with Crippen LogP contribution in [0.5, 0.6) is 11.5 Å². The van der Waals surface area contributed by atoms with Crippen LogP contribution in [-0.2, 0) is 23.0 Å². The van der Waals surface area contributed by atoms with Crippen LogP contribution in [0.25, 0.3) is 0 Å². The molecule has 0 aliphatic rings. The van der Waals surface area contributed by atoms with Crippen molar-refractivity contribution in [2.75, 3.05) is 23.6 Å². The monoisotopic (exact) mass is 527 g/mol. The maximum atomic E-state index is 11.8. The van der Waals surface area contributed by atoms with Gasteiger partial charge >= 0.3 is 0 Å². The summed E-state index contributed by atoms with van der Waals surface area (Å²) in [4.78, 5) is 8.40. The van der Waals surface area contributed by atoms with E-state index in [2.05, 4.69) is 34.6 Å². The highest BCUT2D eigenvalue weighted by Gasteiger charge is 2.26. The predicted molar refractivity (Wildman–Crippen MR) is 143 cm³/mol. The van der Waals surface area contributed by atoms with E-state index in [1.165, 1.54) is 0 Å². The van der Waals surface area contributed by atoms with Crippen molar-refractivity contribution in [1.82, 2.24) is 9.97 Å². The molecule has 3 N–H and O–H groups in total. The van der Waals surface area contributed by atoms with Crippen LogP contribution < -0.4 is 19.9 Å². The number of ether oxygens (including phenoxy) is 2. The number of anilines is 1. The van der Waals surface area contributed by atoms with Gasteiger partial charge in [-0.3, -0.25) is 4.72 Å². The van der Waals surface area contributed by atoms with Crippen LogP contribution in [0.2, 0.25) is 5.02 Å². The molecular formula is C26H30ClN5O3S. The van der Waals surface area contributed by atoms with Gasteiger partial charge in [0.15, 0.2) is 5.75 Å². The van der Waals surface area contributed by atoms with E-state index in [-0.39, 0.29) is 12.6 Å². The quantitative estimate of drug-likeness (QED) is 0.349. The normalized spacial score (nSPS) is 12.0. The maximum absolute atomic E-state index is 11.8. The van der Waals surface area contributed by atoms with E-state index in [0.29, 0.717) is 46.7 Å². The van der Waals surface area contributed by atoms with Gasteiger partial charge in [0.1, 0.15) is 29.4 Å². The number of benzene rings is 2. The third kappa shape index (κ3) is 6.94. The Labute approximate surface area is 219 Å². The summed E-state index contributed by atoms with van der Waals surface area (Å²) < 4.78 is 26.1. The van der Waals surface area contributed by atoms with Gasteiger partial charge in [-0.1, -0.05) is 44.5 Å². The third-order valence-corrected chi connectivity index (χ3v) is 6.82. The zero-order chi connectivity index (χ0) is 26.1. The van der Waals surface area contributed by atoms with E-state index >= 15 is 0 Å². The van der Waals surface area contributed by atoms with Crippen LogP contribution in [-0.4, -0.2) is 33.1 Å². The zero-order valence-electron chi connectivity index (χ0n) is 20.6. The predicted octanol–water partition coefficient (Wildman–Crippen LogP) is 4.73. The SMILES string of the molecule is CCCOc1c(Cl)cc(C(C)(C)c2ccc(OCc3ccnc(NS(=O)CCN)n3)cc2)cc1C#N. The van der Waals surface area contributed by atoms with Crippen molar-refractivity contribution in [2.45, 2.75) is 39.2 Å². The molecule has 8 nitrogen and oxygen atoms in total. The molecule has 1 heterocycles. The van der Waals surface area contributed by atoms with Crippen molar-refractivity contribution in [1.29, 1.82) is 5.26 Å². The second kappa shape index (κ2) is 12.7. The number of halogens is 1. The van der Waals surface area contributed by atoms with Crippen LogP contribution in [0.3, 0.4) is 0 Å². The lowest BCUT2D eigenvalue weighted by Crippen LogP contribution is -2.19. The number of nitriles is 1. The summed E-state index contributed by atoms with van der Waals surface area (Å²) in [7, 11) is -1.33. The number of aromatic nitrogens is 2. The Morgan fingerprint density at radius 3 is 2.58 bits per heavy atom. The molecule has 36 heavy (non-hydrogen) atoms. The van der Waals surface area contributed by atoms with Gasteiger partial charge in [0.25, 0.3) is 0 Å². The first kappa shape index (κ1) is 27.4. The molecule has 3 aromatic rings. The van der Waals surface area contributed by atoms with Gasteiger partial charge in [-0.05, 0) is 47.9 Å². The molecule has 190 valence electrons. The maximum Gasteiger partial charge on any atom is 0.235 e. The van der Waals surface area contributed by atoms with Crippen molar-refractivity contribution in [3.05, 3.63) is 76.1 Å². The number of nitrogens with zero attached hydrogens (tertiary/aromatic N) is 3. The number of hydrogen-bond donors (Lipinski definition) is 2. The van der Waals surface area contributed by atoms with Crippen molar-refractivity contribution in [2.24, 2.45) is 5.73 Å². The fourth-order valence-corrected chi connectivity index (χ4v) is 4.36. The number of nitrogens with two attached hydrogens (primary N) is 1. The minimum atomic E-state index is -1.33. The van der Waals surface area contributed by atoms with E-state index in [4.69, 9.17) is 26.8 Å². The molecule has 0 fully saturated rings. The van der Waals surface area contributed by atoms with E-state index in [1.54, 1.807) is 12.3 Å². The molecule has 0 aliphatic carbocycles. The van der Waals surface area contributed by atoms with Gasteiger partial charge in [-0.15, -0.1) is 0 Å². The van der Waals surface area contributed by atoms with Gasteiger partial charge < -0.3 is 15.2 Å². The molecule has 0 saturated heterocycles. The van der Waals surface area contributed by atoms with E-state index < -0.39 is 16.4 Å². The fraction of sp³-hybridized carbons (Fsp3) is 0.346. The minimum absolute atomic E-state index is 0.226. The number of nitrogens with one attached hydrogen (secondary N) is 1. The zero-order valence-corrected chi connectivity index (χ0v) is 22.2. The average Bonchev–Trinajstić information content (AvgIpc) is 2.87. The molecule has 1 atom stereocenters. The summed E-state index contributed by atoms with van der Waals surface area (Å²) in [5.41, 5.74) is 8.02. The molecule has 0 amide bonds. The third-order valence-electron chi connectivity index (χ3n) is 5.52. The van der Waals surface area contributed by atoms with E-state index in [0.717, 1.165) is 17.5 Å². The van der Waals surface area contributed by atoms with Crippen molar-refractivity contribution >= 4 is 28.5 Å². The largest absolute Gasteiger partial charge is 0.491 e. The summed E-state index contributed by atoms with van der Waals surface area (Å²) >= 11 is 6.49. The molecule has 0 radical (unpaired) electrons. The molecule has 0 aliphatic heterocycles. The van der Waals surface area contributed by atoms with Crippen LogP contribution in [0.1, 0.15) is 49.6 Å². The highest BCUT2D eigenvalue weighted by molar-refractivity contribution is 7.86. The second-order valence-electron chi connectivity index (χ2n) is 8.55. The standard InChI is InChI=1S/C26H30ClN5O3S/c1-4-12-34-24-18(16-29)14-20(15-23(24)27)26(2,3)19-5-7-22(8-6-19)35-17-21-9-11-30-25(31-21)32-36(33)13-10-28/h5-9,11,14-15H,4,10,12-13,17,28H2,1-3H3,(H,30,31,32). The summed E-state index contributed by atoms with van der Waals surface area (Å²) in [5.74, 6) is 1.68. The average molecular weight is 528 g/mol. The number of hydrogen-bond acceptors (Lipinski definition) is 7.